The molecular weight excluding hydrogens is 232 g/mol. The van der Waals surface area contributed by atoms with Gasteiger partial charge in [-0.05, 0) is 25.5 Å². The van der Waals surface area contributed by atoms with Gasteiger partial charge < -0.3 is 10.1 Å². The predicted octanol–water partition coefficient (Wildman–Crippen LogP) is 1.20. The number of nitrogens with one attached hydrogen (secondary N) is 1. The van der Waals surface area contributed by atoms with Crippen LogP contribution in [0.1, 0.15) is 31.2 Å². The predicted molar refractivity (Wildman–Crippen MR) is 67.4 cm³/mol. The third-order valence-electron chi connectivity index (χ3n) is 3.43. The fourth-order valence-corrected chi connectivity index (χ4v) is 2.50. The summed E-state index contributed by atoms with van der Waals surface area (Å²) in [7, 11) is 0. The summed E-state index contributed by atoms with van der Waals surface area (Å²) in [6.45, 7) is 1.40. The van der Waals surface area contributed by atoms with Crippen LogP contribution in [0.25, 0.3) is 0 Å². The highest BCUT2D eigenvalue weighted by molar-refractivity contribution is 5.67. The van der Waals surface area contributed by atoms with Crippen LogP contribution in [0.2, 0.25) is 0 Å². The molecule has 0 amide bonds. The Hall–Kier alpha value is -1.62. The number of H-pyrrole nitrogens is 1. The minimum Gasteiger partial charge on any atom is -0.481 e. The molecule has 1 aliphatic heterocycles. The Bertz CT molecular complexity index is 469. The number of aromatic amines is 1. The summed E-state index contributed by atoms with van der Waals surface area (Å²) in [6, 6.07) is 3.65. The molecule has 18 heavy (non-hydrogen) atoms. The lowest BCUT2D eigenvalue weighted by Crippen LogP contribution is -2.41. The molecule has 0 aromatic carbocycles. The number of carboxylic acids is 1. The Morgan fingerprint density at radius 1 is 1.50 bits per heavy atom. The SMILES string of the molecule is O=C(O)CC1CCCCN1Cc1ccc[nH]c1=O. The number of pyridine rings is 1. The van der Waals surface area contributed by atoms with E-state index in [0.29, 0.717) is 12.1 Å². The summed E-state index contributed by atoms with van der Waals surface area (Å²) in [5.41, 5.74) is 0.618. The zero-order chi connectivity index (χ0) is 13.0. The summed E-state index contributed by atoms with van der Waals surface area (Å²) in [5, 5.41) is 8.91. The first-order chi connectivity index (χ1) is 8.66. The quantitative estimate of drug-likeness (QED) is 0.842. The highest BCUT2D eigenvalue weighted by Crippen LogP contribution is 2.21. The third kappa shape index (κ3) is 3.20. The number of hydrogen-bond donors (Lipinski definition) is 2. The number of aromatic nitrogens is 1. The molecule has 2 rings (SSSR count). The molecule has 1 aromatic rings. The molecule has 1 aliphatic rings. The lowest BCUT2D eigenvalue weighted by molar-refractivity contribution is -0.138. The maximum Gasteiger partial charge on any atom is 0.304 e. The van der Waals surface area contributed by atoms with Gasteiger partial charge in [0.2, 0.25) is 0 Å². The second kappa shape index (κ2) is 5.82. The maximum absolute atomic E-state index is 11.6. The van der Waals surface area contributed by atoms with Crippen LogP contribution in [-0.2, 0) is 11.3 Å². The third-order valence-corrected chi connectivity index (χ3v) is 3.43. The number of carboxylic acid groups (broad SMARTS) is 1. The van der Waals surface area contributed by atoms with Crippen LogP contribution in [0.3, 0.4) is 0 Å². The first-order valence-corrected chi connectivity index (χ1v) is 6.29. The van der Waals surface area contributed by atoms with Crippen molar-refractivity contribution in [2.45, 2.75) is 38.3 Å². The molecule has 0 bridgehead atoms. The lowest BCUT2D eigenvalue weighted by Gasteiger charge is -2.34. The Balaban J connectivity index is 2.08. The van der Waals surface area contributed by atoms with Crippen LogP contribution < -0.4 is 5.56 Å². The number of aliphatic carboxylic acids is 1. The van der Waals surface area contributed by atoms with E-state index in [9.17, 15) is 9.59 Å². The molecule has 1 atom stereocenters. The van der Waals surface area contributed by atoms with Crippen molar-refractivity contribution >= 4 is 5.97 Å². The minimum atomic E-state index is -0.770. The summed E-state index contributed by atoms with van der Waals surface area (Å²) >= 11 is 0. The Kier molecular flexibility index (Phi) is 4.15. The van der Waals surface area contributed by atoms with Gasteiger partial charge in [0.25, 0.3) is 5.56 Å². The molecule has 0 radical (unpaired) electrons. The number of hydrogen-bond acceptors (Lipinski definition) is 3. The summed E-state index contributed by atoms with van der Waals surface area (Å²) in [6.07, 6.45) is 4.80. The van der Waals surface area contributed by atoms with Crippen LogP contribution in [0, 0.1) is 0 Å². The Labute approximate surface area is 105 Å². The molecular formula is C13H18N2O3. The van der Waals surface area contributed by atoms with Crippen molar-refractivity contribution in [1.29, 1.82) is 0 Å². The average Bonchev–Trinajstić information content (AvgIpc) is 2.34. The summed E-state index contributed by atoms with van der Waals surface area (Å²) in [5.74, 6) is -0.770. The van der Waals surface area contributed by atoms with E-state index in [1.807, 2.05) is 0 Å². The average molecular weight is 250 g/mol. The van der Waals surface area contributed by atoms with Crippen LogP contribution in [0.5, 0.6) is 0 Å². The molecule has 1 unspecified atom stereocenters. The number of nitrogens with zero attached hydrogens (tertiary/aromatic N) is 1. The van der Waals surface area contributed by atoms with Gasteiger partial charge in [-0.25, -0.2) is 0 Å². The second-order valence-electron chi connectivity index (χ2n) is 4.74. The molecule has 5 nitrogen and oxygen atoms in total. The topological polar surface area (TPSA) is 73.4 Å². The zero-order valence-corrected chi connectivity index (χ0v) is 10.3. The fraction of sp³-hybridized carbons (Fsp3) is 0.538. The first kappa shape index (κ1) is 12.8. The highest BCUT2D eigenvalue weighted by Gasteiger charge is 2.24. The van der Waals surface area contributed by atoms with Gasteiger partial charge in [0.1, 0.15) is 0 Å². The molecule has 2 heterocycles. The van der Waals surface area contributed by atoms with Crippen molar-refractivity contribution in [2.75, 3.05) is 6.54 Å². The van der Waals surface area contributed by atoms with E-state index in [2.05, 4.69) is 9.88 Å². The van der Waals surface area contributed by atoms with Crippen molar-refractivity contribution < 1.29 is 9.90 Å². The number of rotatable bonds is 4. The van der Waals surface area contributed by atoms with Gasteiger partial charge in [0.15, 0.2) is 0 Å². The monoisotopic (exact) mass is 250 g/mol. The molecule has 0 saturated carbocycles. The summed E-state index contributed by atoms with van der Waals surface area (Å²) in [4.78, 5) is 27.2. The van der Waals surface area contributed by atoms with E-state index in [1.54, 1.807) is 18.3 Å². The van der Waals surface area contributed by atoms with Crippen LogP contribution in [0.15, 0.2) is 23.1 Å². The van der Waals surface area contributed by atoms with E-state index < -0.39 is 5.97 Å². The minimum absolute atomic E-state index is 0.0517. The normalized spacial score (nSPS) is 20.8. The molecule has 2 N–H and O–H groups in total. The molecule has 98 valence electrons. The van der Waals surface area contributed by atoms with E-state index in [1.165, 1.54) is 0 Å². The second-order valence-corrected chi connectivity index (χ2v) is 4.74. The van der Waals surface area contributed by atoms with Crippen molar-refractivity contribution in [3.05, 3.63) is 34.2 Å². The Morgan fingerprint density at radius 3 is 3.06 bits per heavy atom. The molecule has 1 saturated heterocycles. The zero-order valence-electron chi connectivity index (χ0n) is 10.3. The van der Waals surface area contributed by atoms with Crippen molar-refractivity contribution in [3.63, 3.8) is 0 Å². The number of likely N-dealkylation sites (tertiary alicyclic amines) is 1. The molecule has 5 heteroatoms. The van der Waals surface area contributed by atoms with E-state index in [0.717, 1.165) is 25.8 Å². The van der Waals surface area contributed by atoms with Gasteiger partial charge >= 0.3 is 5.97 Å². The highest BCUT2D eigenvalue weighted by atomic mass is 16.4. The first-order valence-electron chi connectivity index (χ1n) is 6.29. The number of piperidine rings is 1. The van der Waals surface area contributed by atoms with E-state index in [4.69, 9.17) is 5.11 Å². The van der Waals surface area contributed by atoms with Gasteiger partial charge in [0.05, 0.1) is 6.42 Å². The molecule has 0 spiro atoms. The van der Waals surface area contributed by atoms with Crippen LogP contribution >= 0.6 is 0 Å². The van der Waals surface area contributed by atoms with Crippen molar-refractivity contribution in [3.8, 4) is 0 Å². The van der Waals surface area contributed by atoms with E-state index in [-0.39, 0.29) is 18.0 Å². The van der Waals surface area contributed by atoms with Gasteiger partial charge in [0, 0.05) is 24.3 Å². The smallest absolute Gasteiger partial charge is 0.304 e. The van der Waals surface area contributed by atoms with Crippen molar-refractivity contribution in [1.82, 2.24) is 9.88 Å². The summed E-state index contributed by atoms with van der Waals surface area (Å²) < 4.78 is 0. The number of carbonyl (C=O) groups is 1. The molecule has 1 fully saturated rings. The van der Waals surface area contributed by atoms with Crippen molar-refractivity contribution in [2.24, 2.45) is 0 Å². The Morgan fingerprint density at radius 2 is 2.33 bits per heavy atom. The van der Waals surface area contributed by atoms with Gasteiger partial charge in [-0.3, -0.25) is 14.5 Å². The standard InChI is InChI=1S/C13H18N2O3/c16-12(17)8-11-5-1-2-7-15(11)9-10-4-3-6-14-13(10)18/h3-4,6,11H,1-2,5,7-9H2,(H,14,18)(H,16,17). The molecule has 0 aliphatic carbocycles. The van der Waals surface area contributed by atoms with Gasteiger partial charge in [-0.15, -0.1) is 0 Å². The lowest BCUT2D eigenvalue weighted by atomic mass is 9.99. The molecule has 1 aromatic heterocycles. The maximum atomic E-state index is 11.6. The van der Waals surface area contributed by atoms with Crippen LogP contribution in [0.4, 0.5) is 0 Å². The van der Waals surface area contributed by atoms with Gasteiger partial charge in [-0.2, -0.15) is 0 Å². The largest absolute Gasteiger partial charge is 0.481 e. The fourth-order valence-electron chi connectivity index (χ4n) is 2.50. The van der Waals surface area contributed by atoms with E-state index >= 15 is 0 Å². The van der Waals surface area contributed by atoms with Crippen LogP contribution in [-0.4, -0.2) is 33.5 Å². The van der Waals surface area contributed by atoms with Gasteiger partial charge in [-0.1, -0.05) is 12.5 Å².